The van der Waals surface area contributed by atoms with E-state index < -0.39 is 11.9 Å². The summed E-state index contributed by atoms with van der Waals surface area (Å²) in [6.45, 7) is 2.62. The molecule has 5 N–H and O–H groups in total. The maximum atomic E-state index is 12.0. The zero-order valence-electron chi connectivity index (χ0n) is 18.2. The van der Waals surface area contributed by atoms with E-state index >= 15 is 0 Å². The zero-order valence-corrected chi connectivity index (χ0v) is 19.8. The molecule has 178 valence electrons. The molecular formula is C22H26BrN3O7. The molecule has 0 fully saturated rings. The maximum absolute atomic E-state index is 12.0. The first-order valence-electron chi connectivity index (χ1n) is 9.75. The first-order chi connectivity index (χ1) is 15.6. The number of methoxy groups -OCH3 is 1. The smallest absolute Gasteiger partial charge is 0.414 e. The van der Waals surface area contributed by atoms with Crippen LogP contribution >= 0.6 is 15.9 Å². The monoisotopic (exact) mass is 523 g/mol. The third-order valence-corrected chi connectivity index (χ3v) is 4.60. The Morgan fingerprint density at radius 1 is 0.939 bits per heavy atom. The van der Waals surface area contributed by atoms with E-state index in [2.05, 4.69) is 31.9 Å². The lowest BCUT2D eigenvalue weighted by atomic mass is 10.1. The second-order valence-corrected chi connectivity index (χ2v) is 7.58. The highest BCUT2D eigenvalue weighted by molar-refractivity contribution is 9.10. The van der Waals surface area contributed by atoms with Crippen LogP contribution in [0.4, 0.5) is 5.69 Å². The lowest BCUT2D eigenvalue weighted by Gasteiger charge is -2.10. The van der Waals surface area contributed by atoms with E-state index in [9.17, 15) is 9.59 Å². The Morgan fingerprint density at radius 3 is 2.09 bits per heavy atom. The van der Waals surface area contributed by atoms with Crippen molar-refractivity contribution in [3.8, 4) is 5.75 Å². The molecule has 10 nitrogen and oxygen atoms in total. The number of amides is 2. The highest BCUT2D eigenvalue weighted by Crippen LogP contribution is 2.19. The molecule has 0 spiro atoms. The molecule has 0 aromatic heterocycles. The molecule has 0 aliphatic carbocycles. The number of hydrogen-bond acceptors (Lipinski definition) is 6. The van der Waals surface area contributed by atoms with E-state index in [1.54, 1.807) is 7.11 Å². The standard InChI is InChI=1S/C20H24BrN3O3.C2H2O4/c1-14-11-16(21)5-8-18(14)24-20(26)13-22-12-19(25)23-10-9-15-3-6-17(27-2)7-4-15;3-1(4)2(5)6/h3-8,11,22H,9-10,12-13H2,1-2H3,(H,23,25)(H,24,26);(H,3,4)(H,5,6). The molecule has 0 aliphatic rings. The number of hydrogen-bond donors (Lipinski definition) is 5. The van der Waals surface area contributed by atoms with Gasteiger partial charge < -0.3 is 25.6 Å². The number of aliphatic carboxylic acids is 2. The number of carbonyl (C=O) groups is 4. The Kier molecular flexibility index (Phi) is 12.2. The molecule has 0 heterocycles. The molecule has 0 aliphatic heterocycles. The fraction of sp³-hybridized carbons (Fsp3) is 0.273. The molecule has 0 bridgehead atoms. The lowest BCUT2D eigenvalue weighted by molar-refractivity contribution is -0.159. The van der Waals surface area contributed by atoms with Gasteiger partial charge in [0.15, 0.2) is 0 Å². The van der Waals surface area contributed by atoms with Crippen molar-refractivity contribution in [3.05, 3.63) is 58.1 Å². The molecule has 33 heavy (non-hydrogen) atoms. The maximum Gasteiger partial charge on any atom is 0.414 e. The summed E-state index contributed by atoms with van der Waals surface area (Å²) in [7, 11) is 1.63. The molecular weight excluding hydrogens is 498 g/mol. The lowest BCUT2D eigenvalue weighted by Crippen LogP contribution is -2.38. The summed E-state index contributed by atoms with van der Waals surface area (Å²) in [5.41, 5.74) is 2.84. The summed E-state index contributed by atoms with van der Waals surface area (Å²) in [6.07, 6.45) is 0.735. The van der Waals surface area contributed by atoms with Crippen molar-refractivity contribution in [1.29, 1.82) is 0 Å². The van der Waals surface area contributed by atoms with E-state index in [0.29, 0.717) is 6.54 Å². The Morgan fingerprint density at radius 2 is 1.55 bits per heavy atom. The Balaban J connectivity index is 0.000000801. The molecule has 0 unspecified atom stereocenters. The average Bonchev–Trinajstić information content (AvgIpc) is 2.76. The minimum atomic E-state index is -1.82. The van der Waals surface area contributed by atoms with Crippen LogP contribution in [0.1, 0.15) is 11.1 Å². The first-order valence-corrected chi connectivity index (χ1v) is 10.5. The van der Waals surface area contributed by atoms with Gasteiger partial charge in [-0.15, -0.1) is 0 Å². The van der Waals surface area contributed by atoms with Crippen LogP contribution in [-0.2, 0) is 25.6 Å². The van der Waals surface area contributed by atoms with Crippen molar-refractivity contribution >= 4 is 45.4 Å². The van der Waals surface area contributed by atoms with Gasteiger partial charge in [-0.05, 0) is 54.8 Å². The van der Waals surface area contributed by atoms with Crippen LogP contribution in [-0.4, -0.2) is 60.7 Å². The van der Waals surface area contributed by atoms with Crippen LogP contribution in [0, 0.1) is 6.92 Å². The van der Waals surface area contributed by atoms with Gasteiger partial charge in [-0.25, -0.2) is 9.59 Å². The second-order valence-electron chi connectivity index (χ2n) is 6.67. The number of anilines is 1. The van der Waals surface area contributed by atoms with Crippen molar-refractivity contribution in [2.45, 2.75) is 13.3 Å². The number of halogens is 1. The van der Waals surface area contributed by atoms with Gasteiger partial charge >= 0.3 is 11.9 Å². The van der Waals surface area contributed by atoms with Crippen molar-refractivity contribution < 1.29 is 34.1 Å². The molecule has 11 heteroatoms. The van der Waals surface area contributed by atoms with Gasteiger partial charge in [-0.3, -0.25) is 14.9 Å². The SMILES string of the molecule is COc1ccc(CCNC(=O)CNCC(=O)Nc2ccc(Br)cc2C)cc1.O=C(O)C(=O)O. The van der Waals surface area contributed by atoms with Gasteiger partial charge in [-0.2, -0.15) is 0 Å². The molecule has 0 saturated heterocycles. The van der Waals surface area contributed by atoms with Crippen LogP contribution in [0.3, 0.4) is 0 Å². The van der Waals surface area contributed by atoms with Gasteiger partial charge in [0.2, 0.25) is 11.8 Å². The fourth-order valence-electron chi connectivity index (χ4n) is 2.45. The van der Waals surface area contributed by atoms with E-state index in [0.717, 1.165) is 33.5 Å². The number of carboxylic acid groups (broad SMARTS) is 2. The summed E-state index contributed by atoms with van der Waals surface area (Å²) >= 11 is 3.39. The van der Waals surface area contributed by atoms with Crippen molar-refractivity contribution in [2.75, 3.05) is 32.1 Å². The third kappa shape index (κ3) is 11.7. The molecule has 2 rings (SSSR count). The third-order valence-electron chi connectivity index (χ3n) is 4.11. The number of aryl methyl sites for hydroxylation is 1. The Hall–Kier alpha value is -3.44. The van der Waals surface area contributed by atoms with Gasteiger partial charge in [0.1, 0.15) is 5.75 Å². The normalized spacial score (nSPS) is 9.79. The molecule has 0 atom stereocenters. The van der Waals surface area contributed by atoms with Gasteiger partial charge in [0.05, 0.1) is 20.2 Å². The van der Waals surface area contributed by atoms with Crippen molar-refractivity contribution in [1.82, 2.24) is 10.6 Å². The van der Waals surface area contributed by atoms with Gasteiger partial charge in [0.25, 0.3) is 0 Å². The number of carboxylic acids is 2. The largest absolute Gasteiger partial charge is 0.497 e. The summed E-state index contributed by atoms with van der Waals surface area (Å²) in [4.78, 5) is 42.0. The highest BCUT2D eigenvalue weighted by atomic mass is 79.9. The zero-order chi connectivity index (χ0) is 24.8. The highest BCUT2D eigenvalue weighted by Gasteiger charge is 2.07. The second kappa shape index (κ2) is 14.6. The van der Waals surface area contributed by atoms with E-state index in [4.69, 9.17) is 24.5 Å². The Bertz CT molecular complexity index is 953. The van der Waals surface area contributed by atoms with E-state index in [1.807, 2.05) is 49.4 Å². The fourth-order valence-corrected chi connectivity index (χ4v) is 2.93. The van der Waals surface area contributed by atoms with Gasteiger partial charge in [0, 0.05) is 16.7 Å². The quantitative estimate of drug-likeness (QED) is 0.311. The molecule has 2 amide bonds. The summed E-state index contributed by atoms with van der Waals surface area (Å²) in [5.74, 6) is -3.17. The topological polar surface area (TPSA) is 154 Å². The number of nitrogens with one attached hydrogen (secondary N) is 3. The first kappa shape index (κ1) is 27.6. The minimum absolute atomic E-state index is 0.0708. The number of rotatable bonds is 9. The van der Waals surface area contributed by atoms with E-state index in [1.165, 1.54) is 0 Å². The molecule has 2 aromatic rings. The van der Waals surface area contributed by atoms with E-state index in [-0.39, 0.29) is 24.9 Å². The summed E-state index contributed by atoms with van der Waals surface area (Å²) < 4.78 is 6.07. The number of benzene rings is 2. The van der Waals surface area contributed by atoms with Crippen molar-refractivity contribution in [2.24, 2.45) is 0 Å². The molecule has 0 saturated carbocycles. The van der Waals surface area contributed by atoms with Crippen molar-refractivity contribution in [3.63, 3.8) is 0 Å². The van der Waals surface area contributed by atoms with Crippen LogP contribution in [0.25, 0.3) is 0 Å². The van der Waals surface area contributed by atoms with Crippen LogP contribution < -0.4 is 20.7 Å². The summed E-state index contributed by atoms with van der Waals surface area (Å²) in [6, 6.07) is 13.4. The molecule has 0 radical (unpaired) electrons. The predicted octanol–water partition coefficient (Wildman–Crippen LogP) is 1.81. The van der Waals surface area contributed by atoms with Gasteiger partial charge in [-0.1, -0.05) is 28.1 Å². The molecule has 2 aromatic carbocycles. The minimum Gasteiger partial charge on any atom is -0.497 e. The van der Waals surface area contributed by atoms with Crippen LogP contribution in [0.15, 0.2) is 46.9 Å². The Labute approximate surface area is 199 Å². The van der Waals surface area contributed by atoms with Crippen LogP contribution in [0.5, 0.6) is 5.75 Å². The predicted molar refractivity (Wildman–Crippen MR) is 125 cm³/mol. The summed E-state index contributed by atoms with van der Waals surface area (Å²) in [5, 5.41) is 23.3. The van der Waals surface area contributed by atoms with Crippen LogP contribution in [0.2, 0.25) is 0 Å². The number of ether oxygens (including phenoxy) is 1. The average molecular weight is 524 g/mol. The number of carbonyl (C=O) groups excluding carboxylic acids is 2.